The Morgan fingerprint density at radius 2 is 2.13 bits per heavy atom. The summed E-state index contributed by atoms with van der Waals surface area (Å²) in [6, 6.07) is 0. The van der Waals surface area contributed by atoms with E-state index >= 15 is 0 Å². The minimum atomic E-state index is -0.868. The van der Waals surface area contributed by atoms with Gasteiger partial charge in [-0.15, -0.1) is 17.8 Å². The summed E-state index contributed by atoms with van der Waals surface area (Å²) in [6.45, 7) is 8.53. The number of carbonyl (C=O) groups is 1. The van der Waals surface area contributed by atoms with Crippen molar-refractivity contribution in [2.24, 2.45) is 5.41 Å². The summed E-state index contributed by atoms with van der Waals surface area (Å²) >= 11 is 1.56. The molecule has 1 aromatic rings. The molecular formula is C20H24O2S. The molecule has 0 aliphatic heterocycles. The van der Waals surface area contributed by atoms with Crippen molar-refractivity contribution in [2.45, 2.75) is 53.4 Å². The average Bonchev–Trinajstić information content (AvgIpc) is 2.84. The van der Waals surface area contributed by atoms with Gasteiger partial charge in [-0.3, -0.25) is 0 Å². The van der Waals surface area contributed by atoms with Crippen molar-refractivity contribution < 1.29 is 9.90 Å². The lowest BCUT2D eigenvalue weighted by Gasteiger charge is -2.29. The van der Waals surface area contributed by atoms with Gasteiger partial charge in [0.15, 0.2) is 0 Å². The summed E-state index contributed by atoms with van der Waals surface area (Å²) < 4.78 is 0. The van der Waals surface area contributed by atoms with Crippen molar-refractivity contribution >= 4 is 22.9 Å². The third-order valence-corrected chi connectivity index (χ3v) is 5.81. The third-order valence-electron chi connectivity index (χ3n) is 4.48. The van der Waals surface area contributed by atoms with E-state index in [1.165, 1.54) is 10.5 Å². The third kappa shape index (κ3) is 3.76. The van der Waals surface area contributed by atoms with E-state index in [9.17, 15) is 9.90 Å². The highest BCUT2D eigenvalue weighted by molar-refractivity contribution is 7.13. The van der Waals surface area contributed by atoms with Crippen molar-refractivity contribution in [2.75, 3.05) is 0 Å². The van der Waals surface area contributed by atoms with E-state index < -0.39 is 5.97 Å². The van der Waals surface area contributed by atoms with Crippen molar-refractivity contribution in [1.82, 2.24) is 0 Å². The van der Waals surface area contributed by atoms with Crippen molar-refractivity contribution in [3.63, 3.8) is 0 Å². The van der Waals surface area contributed by atoms with Crippen LogP contribution in [0.2, 0.25) is 0 Å². The maximum atomic E-state index is 11.9. The van der Waals surface area contributed by atoms with Crippen LogP contribution >= 0.6 is 11.3 Å². The number of terminal acetylenes is 1. The number of allylic oxidation sites excluding steroid dienone is 4. The topological polar surface area (TPSA) is 37.3 Å². The van der Waals surface area contributed by atoms with Gasteiger partial charge in [-0.1, -0.05) is 38.3 Å². The average molecular weight is 328 g/mol. The first-order valence-corrected chi connectivity index (χ1v) is 8.83. The van der Waals surface area contributed by atoms with Crippen LogP contribution in [0.5, 0.6) is 0 Å². The van der Waals surface area contributed by atoms with Gasteiger partial charge in [-0.25, -0.2) is 4.79 Å². The quantitative estimate of drug-likeness (QED) is 0.599. The lowest BCUT2D eigenvalue weighted by molar-refractivity contribution is 0.0695. The van der Waals surface area contributed by atoms with Crippen LogP contribution in [0.3, 0.4) is 0 Å². The van der Waals surface area contributed by atoms with Crippen LogP contribution in [0.4, 0.5) is 0 Å². The lowest BCUT2D eigenvalue weighted by Crippen LogP contribution is -2.22. The van der Waals surface area contributed by atoms with E-state index in [-0.39, 0.29) is 5.41 Å². The first kappa shape index (κ1) is 17.6. The molecule has 0 atom stereocenters. The molecule has 3 heteroatoms. The number of carboxylic acid groups (broad SMARTS) is 1. The number of aromatic carboxylic acids is 1. The van der Waals surface area contributed by atoms with Gasteiger partial charge in [-0.2, -0.15) is 0 Å². The normalized spacial score (nSPS) is 17.5. The molecule has 0 saturated carbocycles. The second-order valence-electron chi connectivity index (χ2n) is 6.95. The minimum absolute atomic E-state index is 0.147. The van der Waals surface area contributed by atoms with E-state index in [0.717, 1.165) is 36.1 Å². The maximum Gasteiger partial charge on any atom is 0.337 e. The monoisotopic (exact) mass is 328 g/mol. The molecule has 1 aliphatic rings. The Balaban J connectivity index is 2.58. The van der Waals surface area contributed by atoms with E-state index in [2.05, 4.69) is 26.7 Å². The number of fused-ring (bicyclic) bond motifs is 1. The molecule has 0 spiro atoms. The van der Waals surface area contributed by atoms with Crippen molar-refractivity contribution in [3.8, 4) is 12.3 Å². The number of hydrogen-bond donors (Lipinski definition) is 1. The van der Waals surface area contributed by atoms with Crippen LogP contribution in [0.15, 0.2) is 17.7 Å². The van der Waals surface area contributed by atoms with Crippen LogP contribution in [-0.4, -0.2) is 11.1 Å². The molecule has 1 aliphatic carbocycles. The predicted octanol–water partition coefficient (Wildman–Crippen LogP) is 5.33. The summed E-state index contributed by atoms with van der Waals surface area (Å²) in [5, 5.41) is 9.74. The standard InChI is InChI=1S/C20H24O2S/c1-6-13(3)8-9-14(7-2)18-17(19(21)22)15-12-20(4,5)11-10-16(15)23-18/h2,8-9H,6,10-12H2,1,3-5H3,(H,21,22)/b13-8+,14-9+. The van der Waals surface area contributed by atoms with E-state index in [1.807, 2.05) is 19.1 Å². The molecule has 23 heavy (non-hydrogen) atoms. The molecule has 0 radical (unpaired) electrons. The Hall–Kier alpha value is -1.79. The van der Waals surface area contributed by atoms with Crippen LogP contribution in [0.25, 0.3) is 5.57 Å². The molecule has 2 rings (SSSR count). The number of hydrogen-bond acceptors (Lipinski definition) is 2. The second kappa shape index (κ2) is 6.76. The Morgan fingerprint density at radius 1 is 1.43 bits per heavy atom. The van der Waals surface area contributed by atoms with Gasteiger partial charge >= 0.3 is 5.97 Å². The molecule has 0 amide bonds. The summed E-state index contributed by atoms with van der Waals surface area (Å²) in [5.41, 5.74) is 3.45. The molecule has 1 aromatic heterocycles. The van der Waals surface area contributed by atoms with Crippen LogP contribution < -0.4 is 0 Å². The highest BCUT2D eigenvalue weighted by Crippen LogP contribution is 2.43. The van der Waals surface area contributed by atoms with Crippen LogP contribution in [0.1, 0.15) is 66.2 Å². The smallest absolute Gasteiger partial charge is 0.337 e. The minimum Gasteiger partial charge on any atom is -0.478 e. The zero-order valence-electron chi connectivity index (χ0n) is 14.3. The van der Waals surface area contributed by atoms with Crippen molar-refractivity contribution in [3.05, 3.63) is 38.6 Å². The molecule has 0 unspecified atom stereocenters. The van der Waals surface area contributed by atoms with Gasteiger partial charge in [0, 0.05) is 10.5 Å². The molecular weight excluding hydrogens is 304 g/mol. The SMILES string of the molecule is C#C/C(=C\C=C(/C)CC)c1sc2c(c1C(=O)O)CC(C)(C)CC2. The number of thiophene rings is 1. The second-order valence-corrected chi connectivity index (χ2v) is 8.05. The van der Waals surface area contributed by atoms with E-state index in [0.29, 0.717) is 11.1 Å². The Labute approximate surface area is 142 Å². The fourth-order valence-corrected chi connectivity index (χ4v) is 4.17. The zero-order valence-corrected chi connectivity index (χ0v) is 15.1. The molecule has 2 nitrogen and oxygen atoms in total. The van der Waals surface area contributed by atoms with Gasteiger partial charge in [-0.05, 0) is 49.7 Å². The molecule has 0 aromatic carbocycles. The first-order chi connectivity index (χ1) is 10.8. The van der Waals surface area contributed by atoms with Gasteiger partial charge in [0.1, 0.15) is 0 Å². The zero-order chi connectivity index (χ0) is 17.2. The van der Waals surface area contributed by atoms with Gasteiger partial charge in [0.05, 0.1) is 10.4 Å². The fourth-order valence-electron chi connectivity index (χ4n) is 2.87. The number of carboxylic acids is 1. The predicted molar refractivity (Wildman–Crippen MR) is 97.9 cm³/mol. The highest BCUT2D eigenvalue weighted by Gasteiger charge is 2.33. The molecule has 0 fully saturated rings. The Bertz CT molecular complexity index is 724. The molecule has 0 saturated heterocycles. The highest BCUT2D eigenvalue weighted by atomic mass is 32.1. The first-order valence-electron chi connectivity index (χ1n) is 8.01. The fraction of sp³-hybridized carbons (Fsp3) is 0.450. The van der Waals surface area contributed by atoms with Crippen LogP contribution in [0, 0.1) is 17.8 Å². The molecule has 1 heterocycles. The summed E-state index contributed by atoms with van der Waals surface area (Å²) in [4.78, 5) is 13.8. The lowest BCUT2D eigenvalue weighted by atomic mass is 9.76. The number of aryl methyl sites for hydroxylation is 1. The number of rotatable bonds is 4. The van der Waals surface area contributed by atoms with E-state index in [1.54, 1.807) is 11.3 Å². The van der Waals surface area contributed by atoms with Gasteiger partial charge in [0.2, 0.25) is 0 Å². The Morgan fingerprint density at radius 3 is 2.70 bits per heavy atom. The summed E-state index contributed by atoms with van der Waals surface area (Å²) in [5.74, 6) is 1.82. The molecule has 1 N–H and O–H groups in total. The summed E-state index contributed by atoms with van der Waals surface area (Å²) in [7, 11) is 0. The van der Waals surface area contributed by atoms with Crippen LogP contribution in [-0.2, 0) is 12.8 Å². The van der Waals surface area contributed by atoms with Crippen molar-refractivity contribution in [1.29, 1.82) is 0 Å². The Kier molecular flexibility index (Phi) is 5.16. The summed E-state index contributed by atoms with van der Waals surface area (Å²) in [6.07, 6.45) is 13.3. The largest absolute Gasteiger partial charge is 0.478 e. The molecule has 122 valence electrons. The maximum absolute atomic E-state index is 11.9. The van der Waals surface area contributed by atoms with Gasteiger partial charge in [0.25, 0.3) is 0 Å². The van der Waals surface area contributed by atoms with E-state index in [4.69, 9.17) is 6.42 Å². The van der Waals surface area contributed by atoms with Gasteiger partial charge < -0.3 is 5.11 Å². The molecule has 0 bridgehead atoms.